The Bertz CT molecular complexity index is 571. The summed E-state index contributed by atoms with van der Waals surface area (Å²) in [5, 5.41) is 7.45. The average Bonchev–Trinajstić information content (AvgIpc) is 3.01. The molecule has 7 nitrogen and oxygen atoms in total. The number of ether oxygens (including phenoxy) is 2. The van der Waals surface area contributed by atoms with Crippen LogP contribution in [0.15, 0.2) is 34.6 Å². The van der Waals surface area contributed by atoms with Gasteiger partial charge in [-0.2, -0.15) is 0 Å². The first-order valence-corrected chi connectivity index (χ1v) is 6.92. The molecule has 7 heteroatoms. The third kappa shape index (κ3) is 4.21. The summed E-state index contributed by atoms with van der Waals surface area (Å²) < 4.78 is 10.6. The summed E-state index contributed by atoms with van der Waals surface area (Å²) in [5.41, 5.74) is 1.07. The highest BCUT2D eigenvalue weighted by atomic mass is 16.7. The van der Waals surface area contributed by atoms with E-state index < -0.39 is 5.97 Å². The number of oxime groups is 2. The maximum Gasteiger partial charge on any atom is 0.356 e. The largest absolute Gasteiger partial charge is 0.489 e. The number of carbonyl (C=O) groups excluding carboxylic acids is 1. The van der Waals surface area contributed by atoms with Crippen LogP contribution in [0.2, 0.25) is 0 Å². The van der Waals surface area contributed by atoms with Gasteiger partial charge in [0.15, 0.2) is 11.8 Å². The minimum atomic E-state index is -0.447. The lowest BCUT2D eigenvalue weighted by Crippen LogP contribution is -2.22. The van der Waals surface area contributed by atoms with Crippen LogP contribution in [0.1, 0.15) is 18.9 Å². The lowest BCUT2D eigenvalue weighted by molar-refractivity contribution is -0.135. The fraction of sp³-hybridized carbons (Fsp3) is 0.400. The molecule has 0 saturated carbocycles. The summed E-state index contributed by atoms with van der Waals surface area (Å²) in [6.45, 7) is 2.32. The van der Waals surface area contributed by atoms with Gasteiger partial charge >= 0.3 is 5.97 Å². The number of esters is 1. The number of para-hydroxylation sites is 1. The smallest absolute Gasteiger partial charge is 0.356 e. The van der Waals surface area contributed by atoms with Gasteiger partial charge in [-0.1, -0.05) is 22.4 Å². The molecule has 0 fully saturated rings. The predicted octanol–water partition coefficient (Wildman–Crippen LogP) is 1.75. The maximum absolute atomic E-state index is 11.5. The molecule has 0 aliphatic carbocycles. The standard InChI is InChI=1S/C15H18N2O5/c1-3-20-15(18)13-8-12(22-17-13)10-21-14-7-5-4-6-11(14)9-16-19-2/h4-7,9,12H,3,8,10H2,1-2H3. The van der Waals surface area contributed by atoms with E-state index in [9.17, 15) is 4.79 Å². The molecule has 118 valence electrons. The van der Waals surface area contributed by atoms with Crippen molar-refractivity contribution in [1.29, 1.82) is 0 Å². The first-order chi connectivity index (χ1) is 10.7. The van der Waals surface area contributed by atoms with Crippen molar-refractivity contribution in [3.8, 4) is 5.75 Å². The van der Waals surface area contributed by atoms with E-state index in [0.717, 1.165) is 5.56 Å². The van der Waals surface area contributed by atoms with Crippen LogP contribution < -0.4 is 4.74 Å². The van der Waals surface area contributed by atoms with E-state index in [-0.39, 0.29) is 18.4 Å². The summed E-state index contributed by atoms with van der Waals surface area (Å²) in [7, 11) is 1.47. The van der Waals surface area contributed by atoms with Crippen molar-refractivity contribution < 1.29 is 23.9 Å². The quantitative estimate of drug-likeness (QED) is 0.436. The van der Waals surface area contributed by atoms with Crippen molar-refractivity contribution in [3.05, 3.63) is 29.8 Å². The number of benzene rings is 1. The first kappa shape index (κ1) is 15.8. The van der Waals surface area contributed by atoms with E-state index in [2.05, 4.69) is 15.1 Å². The summed E-state index contributed by atoms with van der Waals surface area (Å²) >= 11 is 0. The lowest BCUT2D eigenvalue weighted by atomic mass is 10.2. The molecular weight excluding hydrogens is 288 g/mol. The Balaban J connectivity index is 1.88. The molecule has 0 aromatic heterocycles. The van der Waals surface area contributed by atoms with Crippen molar-refractivity contribution >= 4 is 17.9 Å². The number of hydrogen-bond donors (Lipinski definition) is 0. The second-order valence-corrected chi connectivity index (χ2v) is 4.46. The van der Waals surface area contributed by atoms with Crippen molar-refractivity contribution in [1.82, 2.24) is 0 Å². The molecule has 1 aliphatic rings. The molecule has 1 heterocycles. The van der Waals surface area contributed by atoms with Crippen LogP contribution in [0.5, 0.6) is 5.75 Å². The molecule has 2 rings (SSSR count). The number of nitrogens with zero attached hydrogens (tertiary/aromatic N) is 2. The summed E-state index contributed by atoms with van der Waals surface area (Å²) in [6, 6.07) is 7.40. The van der Waals surface area contributed by atoms with E-state index >= 15 is 0 Å². The zero-order chi connectivity index (χ0) is 15.8. The topological polar surface area (TPSA) is 78.7 Å². The molecule has 0 spiro atoms. The monoisotopic (exact) mass is 306 g/mol. The van der Waals surface area contributed by atoms with Gasteiger partial charge in [-0.15, -0.1) is 0 Å². The van der Waals surface area contributed by atoms with Crippen LogP contribution >= 0.6 is 0 Å². The van der Waals surface area contributed by atoms with Gasteiger partial charge in [-0.3, -0.25) is 0 Å². The SMILES string of the molecule is CCOC(=O)C1=NOC(COc2ccccc2C=NOC)C1. The van der Waals surface area contributed by atoms with E-state index in [1.54, 1.807) is 13.1 Å². The highest BCUT2D eigenvalue weighted by Gasteiger charge is 2.27. The Morgan fingerprint density at radius 3 is 3.09 bits per heavy atom. The zero-order valence-electron chi connectivity index (χ0n) is 12.5. The van der Waals surface area contributed by atoms with Crippen LogP contribution in [0.4, 0.5) is 0 Å². The van der Waals surface area contributed by atoms with Gasteiger partial charge in [0.25, 0.3) is 0 Å². The Morgan fingerprint density at radius 2 is 2.32 bits per heavy atom. The molecular formula is C15H18N2O5. The van der Waals surface area contributed by atoms with Gasteiger partial charge in [0.1, 0.15) is 19.5 Å². The first-order valence-electron chi connectivity index (χ1n) is 6.92. The molecule has 1 atom stereocenters. The number of hydrogen-bond acceptors (Lipinski definition) is 7. The Morgan fingerprint density at radius 1 is 1.50 bits per heavy atom. The van der Waals surface area contributed by atoms with Gasteiger partial charge in [-0.05, 0) is 19.1 Å². The summed E-state index contributed by atoms with van der Waals surface area (Å²) in [6.07, 6.45) is 1.62. The lowest BCUT2D eigenvalue weighted by Gasteiger charge is -2.12. The van der Waals surface area contributed by atoms with E-state index in [4.69, 9.17) is 14.3 Å². The van der Waals surface area contributed by atoms with Gasteiger partial charge < -0.3 is 19.1 Å². The van der Waals surface area contributed by atoms with E-state index in [1.807, 2.05) is 24.3 Å². The van der Waals surface area contributed by atoms with Crippen LogP contribution in [0.3, 0.4) is 0 Å². The molecule has 0 amide bonds. The molecule has 1 aliphatic heterocycles. The highest BCUT2D eigenvalue weighted by molar-refractivity contribution is 6.36. The van der Waals surface area contributed by atoms with Crippen LogP contribution in [0.25, 0.3) is 0 Å². The van der Waals surface area contributed by atoms with E-state index in [0.29, 0.717) is 18.8 Å². The molecule has 1 unspecified atom stereocenters. The maximum atomic E-state index is 11.5. The van der Waals surface area contributed by atoms with Crippen LogP contribution in [-0.2, 0) is 19.2 Å². The van der Waals surface area contributed by atoms with Gasteiger partial charge in [0.05, 0.1) is 12.8 Å². The second kappa shape index (κ2) is 8.02. The van der Waals surface area contributed by atoms with Gasteiger partial charge in [0.2, 0.25) is 0 Å². The average molecular weight is 306 g/mol. The van der Waals surface area contributed by atoms with Crippen molar-refractivity contribution in [2.24, 2.45) is 10.3 Å². The molecule has 1 aromatic carbocycles. The van der Waals surface area contributed by atoms with Crippen LogP contribution in [-0.4, -0.2) is 44.3 Å². The second-order valence-electron chi connectivity index (χ2n) is 4.46. The Labute approximate surface area is 128 Å². The highest BCUT2D eigenvalue weighted by Crippen LogP contribution is 2.19. The van der Waals surface area contributed by atoms with Crippen molar-refractivity contribution in [3.63, 3.8) is 0 Å². The Hall–Kier alpha value is -2.57. The fourth-order valence-corrected chi connectivity index (χ4v) is 1.86. The zero-order valence-corrected chi connectivity index (χ0v) is 12.5. The van der Waals surface area contributed by atoms with Gasteiger partial charge in [0, 0.05) is 12.0 Å². The van der Waals surface area contributed by atoms with Crippen molar-refractivity contribution in [2.45, 2.75) is 19.4 Å². The molecule has 0 N–H and O–H groups in total. The number of carbonyl (C=O) groups is 1. The molecule has 0 bridgehead atoms. The van der Waals surface area contributed by atoms with Crippen LogP contribution in [0, 0.1) is 0 Å². The summed E-state index contributed by atoms with van der Waals surface area (Å²) in [5.74, 6) is 0.203. The molecule has 1 aromatic rings. The fourth-order valence-electron chi connectivity index (χ4n) is 1.86. The van der Waals surface area contributed by atoms with Gasteiger partial charge in [-0.25, -0.2) is 4.79 Å². The Kier molecular flexibility index (Phi) is 5.76. The third-order valence-corrected chi connectivity index (χ3v) is 2.88. The van der Waals surface area contributed by atoms with E-state index in [1.165, 1.54) is 7.11 Å². The van der Waals surface area contributed by atoms with Crippen molar-refractivity contribution in [2.75, 3.05) is 20.3 Å². The molecule has 0 radical (unpaired) electrons. The summed E-state index contributed by atoms with van der Waals surface area (Å²) in [4.78, 5) is 21.4. The predicted molar refractivity (Wildman–Crippen MR) is 80.1 cm³/mol. The normalized spacial score (nSPS) is 17.0. The molecule has 22 heavy (non-hydrogen) atoms. The molecule has 0 saturated heterocycles. The minimum absolute atomic E-state index is 0.268. The minimum Gasteiger partial charge on any atom is -0.489 e. The number of rotatable bonds is 7. The third-order valence-electron chi connectivity index (χ3n) is 2.88.